The second-order valence-electron chi connectivity index (χ2n) is 9.65. The summed E-state index contributed by atoms with van der Waals surface area (Å²) in [6.07, 6.45) is 0. The second kappa shape index (κ2) is 12.4. The van der Waals surface area contributed by atoms with Crippen molar-refractivity contribution in [3.05, 3.63) is 117 Å². The van der Waals surface area contributed by atoms with Crippen LogP contribution < -0.4 is 20.4 Å². The third kappa shape index (κ3) is 6.27. The zero-order chi connectivity index (χ0) is 29.8. The van der Waals surface area contributed by atoms with Gasteiger partial charge in [-0.05, 0) is 70.6 Å². The fourth-order valence-electron chi connectivity index (χ4n) is 4.70. The normalized spacial score (nSPS) is 12.8. The van der Waals surface area contributed by atoms with Gasteiger partial charge in [0.25, 0.3) is 0 Å². The minimum absolute atomic E-state index is 0.0642. The van der Waals surface area contributed by atoms with E-state index in [1.54, 1.807) is 24.3 Å². The van der Waals surface area contributed by atoms with Crippen LogP contribution in [0.4, 0.5) is 11.4 Å². The molecule has 0 bridgehead atoms. The molecule has 42 heavy (non-hydrogen) atoms. The molecule has 2 heterocycles. The largest absolute Gasteiger partial charge is 0.479 e. The molecule has 0 fully saturated rings. The first kappa shape index (κ1) is 28.8. The van der Waals surface area contributed by atoms with E-state index in [1.165, 1.54) is 17.6 Å². The Morgan fingerprint density at radius 1 is 0.810 bits per heavy atom. The van der Waals surface area contributed by atoms with Crippen LogP contribution in [0.2, 0.25) is 18.7 Å². The summed E-state index contributed by atoms with van der Waals surface area (Å²) in [7, 11) is 0. The van der Waals surface area contributed by atoms with E-state index in [9.17, 15) is 4.79 Å². The predicted molar refractivity (Wildman–Crippen MR) is 162 cm³/mol. The zero-order valence-electron chi connectivity index (χ0n) is 22.8. The van der Waals surface area contributed by atoms with Gasteiger partial charge in [-0.3, -0.25) is 0 Å². The number of fused-ring (bicyclic) bond motifs is 2. The molecule has 0 amide bonds. The van der Waals surface area contributed by atoms with Crippen molar-refractivity contribution in [1.82, 2.24) is 0 Å². The number of benzene rings is 4. The van der Waals surface area contributed by atoms with Crippen LogP contribution in [0.15, 0.2) is 72.8 Å². The molecule has 0 aromatic heterocycles. The van der Waals surface area contributed by atoms with Crippen LogP contribution in [0.3, 0.4) is 0 Å². The first-order valence-corrected chi connectivity index (χ1v) is 13.4. The maximum atomic E-state index is 11.2. The molecule has 0 radical (unpaired) electrons. The van der Waals surface area contributed by atoms with E-state index in [4.69, 9.17) is 48.6 Å². The fourth-order valence-corrected chi connectivity index (χ4v) is 4.91. The molecule has 4 aromatic carbocycles. The molecule has 0 atom stereocenters. The summed E-state index contributed by atoms with van der Waals surface area (Å²) in [5, 5.41) is 9.56. The molecule has 0 aliphatic carbocycles. The maximum Gasteiger partial charge on any atom is 0.325 e. The van der Waals surface area contributed by atoms with Crippen molar-refractivity contribution in [1.29, 1.82) is 0 Å². The van der Waals surface area contributed by atoms with E-state index in [-0.39, 0.29) is 25.1 Å². The first-order chi connectivity index (χ1) is 20.2. The molecule has 0 spiro atoms. The summed E-state index contributed by atoms with van der Waals surface area (Å²) in [5.74, 6) is 1.12. The lowest BCUT2D eigenvalue weighted by molar-refractivity contribution is 0.0697. The SMILES string of the molecule is [C-]#[N+]c1ccc(Oc2ccc3c(c2)COB3C)c(Cl)c1.[C-]#[N+]c1ccc(Oc2ccc3c(c2)COB3C)cc1C(=O)O. The minimum atomic E-state index is -1.15. The van der Waals surface area contributed by atoms with Crippen molar-refractivity contribution in [3.8, 4) is 23.0 Å². The Hall–Kier alpha value is -4.73. The summed E-state index contributed by atoms with van der Waals surface area (Å²) in [4.78, 5) is 17.7. The molecule has 2 aliphatic heterocycles. The summed E-state index contributed by atoms with van der Waals surface area (Å²) < 4.78 is 22.6. The summed E-state index contributed by atoms with van der Waals surface area (Å²) in [6.45, 7) is 19.3. The van der Waals surface area contributed by atoms with Crippen molar-refractivity contribution < 1.29 is 28.7 Å². The summed E-state index contributed by atoms with van der Waals surface area (Å²) in [5.41, 5.74) is 5.08. The molecule has 1 N–H and O–H groups in total. The monoisotopic (exact) mass is 576 g/mol. The molecule has 6 rings (SSSR count). The van der Waals surface area contributed by atoms with E-state index in [1.807, 2.05) is 50.0 Å². The van der Waals surface area contributed by atoms with Crippen LogP contribution in [0.1, 0.15) is 21.5 Å². The lowest BCUT2D eigenvalue weighted by atomic mass is 9.64. The van der Waals surface area contributed by atoms with Gasteiger partial charge in [0.1, 0.15) is 23.0 Å². The average Bonchev–Trinajstić information content (AvgIpc) is 3.55. The van der Waals surface area contributed by atoms with Gasteiger partial charge >= 0.3 is 19.8 Å². The van der Waals surface area contributed by atoms with Gasteiger partial charge < -0.3 is 23.9 Å². The van der Waals surface area contributed by atoms with Crippen LogP contribution in [-0.4, -0.2) is 24.9 Å². The Morgan fingerprint density at radius 3 is 1.93 bits per heavy atom. The van der Waals surface area contributed by atoms with Gasteiger partial charge in [0, 0.05) is 0 Å². The smallest absolute Gasteiger partial charge is 0.325 e. The Labute approximate surface area is 249 Å². The topological polar surface area (TPSA) is 82.9 Å². The van der Waals surface area contributed by atoms with Crippen LogP contribution in [0.5, 0.6) is 23.0 Å². The molecule has 0 saturated heterocycles. The molecular weight excluding hydrogens is 553 g/mol. The molecular formula is C31H23B2ClN2O6. The van der Waals surface area contributed by atoms with Crippen LogP contribution in [0.25, 0.3) is 9.69 Å². The van der Waals surface area contributed by atoms with E-state index in [0.717, 1.165) is 22.3 Å². The van der Waals surface area contributed by atoms with E-state index in [2.05, 4.69) is 9.69 Å². The lowest BCUT2D eigenvalue weighted by Gasteiger charge is -2.09. The number of hydrogen-bond acceptors (Lipinski definition) is 5. The van der Waals surface area contributed by atoms with E-state index < -0.39 is 5.97 Å². The second-order valence-corrected chi connectivity index (χ2v) is 10.1. The minimum Gasteiger partial charge on any atom is -0.479 e. The lowest BCUT2D eigenvalue weighted by Crippen LogP contribution is -2.23. The first-order valence-electron chi connectivity index (χ1n) is 13.0. The highest BCUT2D eigenvalue weighted by Gasteiger charge is 2.24. The van der Waals surface area contributed by atoms with Crippen molar-refractivity contribution in [3.63, 3.8) is 0 Å². The van der Waals surface area contributed by atoms with Crippen LogP contribution >= 0.6 is 11.6 Å². The van der Waals surface area contributed by atoms with Crippen molar-refractivity contribution >= 4 is 53.7 Å². The molecule has 206 valence electrons. The fraction of sp³-hybridized carbons (Fsp3) is 0.129. The highest BCUT2D eigenvalue weighted by molar-refractivity contribution is 6.67. The number of halogens is 1. The summed E-state index contributed by atoms with van der Waals surface area (Å²) >= 11 is 6.11. The van der Waals surface area contributed by atoms with Gasteiger partial charge in [-0.1, -0.05) is 49.5 Å². The number of nitrogens with zero attached hydrogens (tertiary/aromatic N) is 2. The highest BCUT2D eigenvalue weighted by Crippen LogP contribution is 2.33. The number of aromatic carboxylic acids is 1. The van der Waals surface area contributed by atoms with Crippen molar-refractivity contribution in [2.45, 2.75) is 26.9 Å². The Balaban J connectivity index is 0.000000169. The molecule has 8 nitrogen and oxygen atoms in total. The van der Waals surface area contributed by atoms with Gasteiger partial charge in [0.05, 0.1) is 36.9 Å². The molecule has 11 heteroatoms. The highest BCUT2D eigenvalue weighted by atomic mass is 35.5. The standard InChI is InChI=1S/C16H12BNO4.C15H11BClNO2/c1-17-14-5-3-11(7-10(14)9-21-17)22-12-4-6-15(18-2)13(8-12)16(19)20;1-16-13-5-4-12(7-10(13)9-19-16)20-15-6-3-11(18-2)8-14(15)17/h3-8H,9H2,1H3,(H,19,20);3-8H,9H2,1H3. The maximum absolute atomic E-state index is 11.2. The van der Waals surface area contributed by atoms with Crippen LogP contribution in [0, 0.1) is 13.1 Å². The number of carboxylic acids is 1. The third-order valence-corrected chi connectivity index (χ3v) is 7.20. The molecule has 4 aromatic rings. The zero-order valence-corrected chi connectivity index (χ0v) is 23.5. The number of hydrogen-bond donors (Lipinski definition) is 1. The van der Waals surface area contributed by atoms with Crippen molar-refractivity contribution in [2.75, 3.05) is 0 Å². The third-order valence-electron chi connectivity index (χ3n) is 6.91. The number of carbonyl (C=O) groups is 1. The Bertz CT molecular complexity index is 1770. The van der Waals surface area contributed by atoms with Gasteiger partial charge in [-0.25, -0.2) is 14.5 Å². The van der Waals surface area contributed by atoms with Gasteiger partial charge in [-0.15, -0.1) is 0 Å². The van der Waals surface area contributed by atoms with Gasteiger partial charge in [0.2, 0.25) is 5.69 Å². The number of rotatable bonds is 5. The van der Waals surface area contributed by atoms with Gasteiger partial charge in [-0.2, -0.15) is 0 Å². The average molecular weight is 577 g/mol. The molecule has 2 aliphatic rings. The van der Waals surface area contributed by atoms with Crippen molar-refractivity contribution in [2.24, 2.45) is 0 Å². The van der Waals surface area contributed by atoms with Crippen LogP contribution in [-0.2, 0) is 22.5 Å². The quantitative estimate of drug-likeness (QED) is 0.201. The Kier molecular flexibility index (Phi) is 8.51. The predicted octanol–water partition coefficient (Wildman–Crippen LogP) is 7.13. The van der Waals surface area contributed by atoms with E-state index >= 15 is 0 Å². The number of ether oxygens (including phenoxy) is 2. The number of carboxylic acid groups (broad SMARTS) is 1. The molecule has 0 unspecified atom stereocenters. The summed E-state index contributed by atoms with van der Waals surface area (Å²) in [6, 6.07) is 21.0. The molecule has 0 saturated carbocycles. The van der Waals surface area contributed by atoms with Gasteiger partial charge in [0.15, 0.2) is 5.69 Å². The Morgan fingerprint density at radius 2 is 1.38 bits per heavy atom. The van der Waals surface area contributed by atoms with E-state index in [0.29, 0.717) is 41.2 Å².